The number of carbonyl (C=O) groups is 1. The van der Waals surface area contributed by atoms with Crippen molar-refractivity contribution in [2.24, 2.45) is 29.6 Å². The van der Waals surface area contributed by atoms with Crippen LogP contribution in [0.2, 0.25) is 0 Å². The number of amides is 1. The second-order valence-corrected chi connectivity index (χ2v) is 7.13. The molecule has 0 saturated heterocycles. The SMILES string of the molecule is O=C(NCCc1nc2ccccc2o1)C1[C@@H]2[C@H]3CC[C@H](C3)[C@H]12. The lowest BCUT2D eigenvalue weighted by Gasteiger charge is -2.08. The van der Waals surface area contributed by atoms with Gasteiger partial charge in [0, 0.05) is 18.9 Å². The standard InChI is InChI=1S/C18H20N2O2/c21-18(17-15-10-5-6-11(9-10)16(15)17)19-8-7-14-20-12-3-1-2-4-13(12)22-14/h1-4,10-11,15-17H,5-9H2,(H,19,21)/t10-,11+,15+,16-,17?. The van der Waals surface area contributed by atoms with E-state index in [0.29, 0.717) is 36.6 Å². The molecule has 2 bridgehead atoms. The predicted molar refractivity (Wildman–Crippen MR) is 82.0 cm³/mol. The Bertz CT molecular complexity index is 689. The molecule has 3 aliphatic rings. The molecule has 114 valence electrons. The average Bonchev–Trinajstić information content (AvgIpc) is 2.87. The molecule has 1 aromatic heterocycles. The zero-order valence-electron chi connectivity index (χ0n) is 12.5. The first-order chi connectivity index (χ1) is 10.8. The second kappa shape index (κ2) is 4.58. The van der Waals surface area contributed by atoms with Crippen LogP contribution in [0.1, 0.15) is 25.2 Å². The minimum Gasteiger partial charge on any atom is -0.441 e. The third-order valence-electron chi connectivity index (χ3n) is 6.01. The molecule has 0 radical (unpaired) electrons. The maximum absolute atomic E-state index is 12.3. The molecular formula is C18H20N2O2. The Morgan fingerprint density at radius 3 is 2.77 bits per heavy atom. The van der Waals surface area contributed by atoms with Crippen LogP contribution in [0, 0.1) is 29.6 Å². The van der Waals surface area contributed by atoms with E-state index in [-0.39, 0.29) is 5.91 Å². The fourth-order valence-corrected chi connectivity index (χ4v) is 5.11. The van der Waals surface area contributed by atoms with Gasteiger partial charge in [0.05, 0.1) is 0 Å². The van der Waals surface area contributed by atoms with Crippen LogP contribution in [-0.4, -0.2) is 17.4 Å². The molecule has 1 unspecified atom stereocenters. The third kappa shape index (κ3) is 1.82. The highest BCUT2D eigenvalue weighted by Gasteiger charge is 2.67. The highest BCUT2D eigenvalue weighted by atomic mass is 16.3. The Balaban J connectivity index is 1.17. The minimum atomic E-state index is 0.266. The molecule has 2 aromatic rings. The van der Waals surface area contributed by atoms with Crippen LogP contribution >= 0.6 is 0 Å². The fraction of sp³-hybridized carbons (Fsp3) is 0.556. The number of nitrogens with zero attached hydrogens (tertiary/aromatic N) is 1. The summed E-state index contributed by atoms with van der Waals surface area (Å²) in [7, 11) is 0. The van der Waals surface area contributed by atoms with E-state index in [1.807, 2.05) is 24.3 Å². The normalized spacial score (nSPS) is 34.8. The molecule has 1 N–H and O–H groups in total. The van der Waals surface area contributed by atoms with Crippen LogP contribution in [0.15, 0.2) is 28.7 Å². The molecule has 3 aliphatic carbocycles. The summed E-state index contributed by atoms with van der Waals surface area (Å²) in [6, 6.07) is 7.77. The highest BCUT2D eigenvalue weighted by molar-refractivity contribution is 5.82. The highest BCUT2D eigenvalue weighted by Crippen LogP contribution is 2.69. The van der Waals surface area contributed by atoms with Gasteiger partial charge in [-0.05, 0) is 55.1 Å². The Morgan fingerprint density at radius 2 is 2.00 bits per heavy atom. The zero-order valence-corrected chi connectivity index (χ0v) is 12.5. The number of aromatic nitrogens is 1. The van der Waals surface area contributed by atoms with Crippen molar-refractivity contribution in [3.8, 4) is 0 Å². The Kier molecular flexibility index (Phi) is 2.64. The topological polar surface area (TPSA) is 55.1 Å². The van der Waals surface area contributed by atoms with Crippen LogP contribution < -0.4 is 5.32 Å². The monoisotopic (exact) mass is 296 g/mol. The van der Waals surface area contributed by atoms with Gasteiger partial charge in [-0.2, -0.15) is 0 Å². The molecule has 1 amide bonds. The van der Waals surface area contributed by atoms with Crippen molar-refractivity contribution >= 4 is 17.0 Å². The summed E-state index contributed by atoms with van der Waals surface area (Å²) >= 11 is 0. The first kappa shape index (κ1) is 12.7. The van der Waals surface area contributed by atoms with Gasteiger partial charge in [-0.1, -0.05) is 12.1 Å². The lowest BCUT2D eigenvalue weighted by Crippen LogP contribution is -2.29. The fourth-order valence-electron chi connectivity index (χ4n) is 5.11. The number of nitrogens with one attached hydrogen (secondary N) is 1. The minimum absolute atomic E-state index is 0.266. The summed E-state index contributed by atoms with van der Waals surface area (Å²) in [5.41, 5.74) is 1.70. The van der Waals surface area contributed by atoms with Gasteiger partial charge in [-0.15, -0.1) is 0 Å². The smallest absolute Gasteiger partial charge is 0.223 e. The van der Waals surface area contributed by atoms with E-state index in [2.05, 4.69) is 10.3 Å². The van der Waals surface area contributed by atoms with Crippen LogP contribution in [0.5, 0.6) is 0 Å². The van der Waals surface area contributed by atoms with Crippen LogP contribution in [0.4, 0.5) is 0 Å². The summed E-state index contributed by atoms with van der Waals surface area (Å²) in [5.74, 6) is 4.41. The van der Waals surface area contributed by atoms with E-state index in [4.69, 9.17) is 4.42 Å². The molecule has 1 heterocycles. The third-order valence-corrected chi connectivity index (χ3v) is 6.01. The molecule has 0 aliphatic heterocycles. The largest absolute Gasteiger partial charge is 0.441 e. The summed E-state index contributed by atoms with van der Waals surface area (Å²) < 4.78 is 5.68. The Hall–Kier alpha value is -1.84. The number of hydrogen-bond acceptors (Lipinski definition) is 3. The van der Waals surface area contributed by atoms with Gasteiger partial charge in [0.1, 0.15) is 5.52 Å². The predicted octanol–water partition coefficient (Wildman–Crippen LogP) is 2.78. The second-order valence-electron chi connectivity index (χ2n) is 7.13. The summed E-state index contributed by atoms with van der Waals surface area (Å²) in [4.78, 5) is 16.8. The van der Waals surface area contributed by atoms with Crippen molar-refractivity contribution in [3.05, 3.63) is 30.2 Å². The van der Waals surface area contributed by atoms with Gasteiger partial charge in [0.2, 0.25) is 5.91 Å². The number of rotatable bonds is 4. The van der Waals surface area contributed by atoms with Crippen LogP contribution in [0.25, 0.3) is 11.1 Å². The molecule has 4 nitrogen and oxygen atoms in total. The van der Waals surface area contributed by atoms with Crippen molar-refractivity contribution in [1.82, 2.24) is 10.3 Å². The van der Waals surface area contributed by atoms with Crippen molar-refractivity contribution in [3.63, 3.8) is 0 Å². The Morgan fingerprint density at radius 1 is 1.23 bits per heavy atom. The number of hydrogen-bond donors (Lipinski definition) is 1. The van der Waals surface area contributed by atoms with Crippen molar-refractivity contribution in [2.45, 2.75) is 25.7 Å². The first-order valence-electron chi connectivity index (χ1n) is 8.43. The van der Waals surface area contributed by atoms with Gasteiger partial charge in [0.25, 0.3) is 0 Å². The maximum Gasteiger partial charge on any atom is 0.223 e. The van der Waals surface area contributed by atoms with Crippen molar-refractivity contribution in [1.29, 1.82) is 0 Å². The van der Waals surface area contributed by atoms with Gasteiger partial charge in [-0.25, -0.2) is 4.98 Å². The summed E-state index contributed by atoms with van der Waals surface area (Å²) in [6.07, 6.45) is 4.77. The van der Waals surface area contributed by atoms with Crippen LogP contribution in [-0.2, 0) is 11.2 Å². The van der Waals surface area contributed by atoms with Crippen LogP contribution in [0.3, 0.4) is 0 Å². The van der Waals surface area contributed by atoms with E-state index in [9.17, 15) is 4.79 Å². The molecule has 3 saturated carbocycles. The molecule has 0 spiro atoms. The molecule has 5 atom stereocenters. The Labute approximate surface area is 129 Å². The number of oxazole rings is 1. The summed E-state index contributed by atoms with van der Waals surface area (Å²) in [6.45, 7) is 0.622. The first-order valence-corrected chi connectivity index (χ1v) is 8.43. The molecule has 1 aromatic carbocycles. The molecule has 22 heavy (non-hydrogen) atoms. The zero-order chi connectivity index (χ0) is 14.7. The van der Waals surface area contributed by atoms with Gasteiger partial charge in [0.15, 0.2) is 11.5 Å². The lowest BCUT2D eigenvalue weighted by molar-refractivity contribution is -0.123. The van der Waals surface area contributed by atoms with Crippen molar-refractivity contribution in [2.75, 3.05) is 6.54 Å². The van der Waals surface area contributed by atoms with Gasteiger partial charge in [-0.3, -0.25) is 4.79 Å². The molecule has 4 heteroatoms. The number of fused-ring (bicyclic) bond motifs is 6. The molecular weight excluding hydrogens is 276 g/mol. The van der Waals surface area contributed by atoms with Gasteiger partial charge < -0.3 is 9.73 Å². The van der Waals surface area contributed by atoms with E-state index in [0.717, 1.165) is 22.9 Å². The quantitative estimate of drug-likeness (QED) is 0.944. The van der Waals surface area contributed by atoms with E-state index < -0.39 is 0 Å². The van der Waals surface area contributed by atoms with E-state index >= 15 is 0 Å². The summed E-state index contributed by atoms with van der Waals surface area (Å²) in [5, 5.41) is 3.10. The van der Waals surface area contributed by atoms with Crippen molar-refractivity contribution < 1.29 is 9.21 Å². The lowest BCUT2D eigenvalue weighted by atomic mass is 10.0. The molecule has 5 rings (SSSR count). The average molecular weight is 296 g/mol. The molecule has 3 fully saturated rings. The number of benzene rings is 1. The number of para-hydroxylation sites is 2. The maximum atomic E-state index is 12.3. The number of carbonyl (C=O) groups excluding carboxylic acids is 1. The van der Waals surface area contributed by atoms with E-state index in [1.165, 1.54) is 19.3 Å². The van der Waals surface area contributed by atoms with Gasteiger partial charge >= 0.3 is 0 Å². The van der Waals surface area contributed by atoms with E-state index in [1.54, 1.807) is 0 Å².